The van der Waals surface area contributed by atoms with Gasteiger partial charge in [-0.3, -0.25) is 0 Å². The molecule has 0 unspecified atom stereocenters. The third kappa shape index (κ3) is 5.72. The van der Waals surface area contributed by atoms with Crippen LogP contribution in [-0.4, -0.2) is 8.07 Å². The van der Waals surface area contributed by atoms with Gasteiger partial charge in [0.2, 0.25) is 0 Å². The fraction of sp³-hybridized carbons (Fsp3) is 0.500. The average Bonchev–Trinajstić information content (AvgIpc) is 2.81. The van der Waals surface area contributed by atoms with Crippen LogP contribution >= 0.6 is 0 Å². The van der Waals surface area contributed by atoms with Crippen molar-refractivity contribution in [1.82, 2.24) is 0 Å². The number of rotatable bonds is 9. The van der Waals surface area contributed by atoms with Crippen molar-refractivity contribution in [2.24, 2.45) is 5.92 Å². The van der Waals surface area contributed by atoms with Gasteiger partial charge in [-0.25, -0.2) is 0 Å². The van der Waals surface area contributed by atoms with E-state index in [2.05, 4.69) is 81.4 Å². The molecular weight excluding hydrogens is 364 g/mol. The average molecular weight is 405 g/mol. The predicted molar refractivity (Wildman–Crippen MR) is 133 cm³/mol. The second-order valence-electron chi connectivity index (χ2n) is 9.13. The standard InChI is InChI=1S/C28H40Si/c1-4-29(5-2,6-3)23-28(26-20-14-9-15-21-26)27(25-18-12-8-13-19-25)22-24-16-10-7-11-17-24/h8-9,12-15,18-21,24H,4-7,10-11,16-17,22-23H2,1-3H3/b28-27-. The van der Waals surface area contributed by atoms with Crippen LogP contribution in [-0.2, 0) is 0 Å². The van der Waals surface area contributed by atoms with Crippen LogP contribution in [0.15, 0.2) is 60.7 Å². The molecule has 0 saturated heterocycles. The van der Waals surface area contributed by atoms with E-state index in [1.165, 1.54) is 73.8 Å². The maximum Gasteiger partial charge on any atom is 0.0571 e. The molecule has 0 spiro atoms. The van der Waals surface area contributed by atoms with E-state index >= 15 is 0 Å². The van der Waals surface area contributed by atoms with Crippen LogP contribution in [0.3, 0.4) is 0 Å². The van der Waals surface area contributed by atoms with Crippen molar-refractivity contribution in [3.8, 4) is 0 Å². The van der Waals surface area contributed by atoms with Crippen molar-refractivity contribution >= 4 is 19.2 Å². The number of hydrogen-bond acceptors (Lipinski definition) is 0. The molecule has 1 saturated carbocycles. The molecule has 0 radical (unpaired) electrons. The maximum atomic E-state index is 2.45. The lowest BCUT2D eigenvalue weighted by Crippen LogP contribution is -2.31. The van der Waals surface area contributed by atoms with Gasteiger partial charge in [0.1, 0.15) is 0 Å². The predicted octanol–water partition coefficient (Wildman–Crippen LogP) is 9.08. The van der Waals surface area contributed by atoms with E-state index in [9.17, 15) is 0 Å². The lowest BCUT2D eigenvalue weighted by atomic mass is 9.81. The highest BCUT2D eigenvalue weighted by Crippen LogP contribution is 2.42. The molecule has 1 aliphatic rings. The molecule has 0 bridgehead atoms. The maximum absolute atomic E-state index is 2.45. The molecule has 0 aliphatic heterocycles. The Morgan fingerprint density at radius 3 is 1.66 bits per heavy atom. The summed E-state index contributed by atoms with van der Waals surface area (Å²) >= 11 is 0. The van der Waals surface area contributed by atoms with E-state index in [1.807, 2.05) is 0 Å². The summed E-state index contributed by atoms with van der Waals surface area (Å²) in [7, 11) is -1.28. The van der Waals surface area contributed by atoms with Crippen LogP contribution in [0.5, 0.6) is 0 Å². The van der Waals surface area contributed by atoms with Gasteiger partial charge in [0.05, 0.1) is 8.07 Å². The minimum atomic E-state index is -1.28. The molecule has 3 rings (SSSR count). The summed E-state index contributed by atoms with van der Waals surface area (Å²) in [4.78, 5) is 0. The monoisotopic (exact) mass is 404 g/mol. The second kappa shape index (κ2) is 11.0. The van der Waals surface area contributed by atoms with E-state index in [1.54, 1.807) is 11.1 Å². The van der Waals surface area contributed by atoms with Crippen LogP contribution in [0.4, 0.5) is 0 Å². The van der Waals surface area contributed by atoms with Gasteiger partial charge in [-0.05, 0) is 40.7 Å². The van der Waals surface area contributed by atoms with E-state index < -0.39 is 8.07 Å². The highest BCUT2D eigenvalue weighted by molar-refractivity contribution is 6.81. The Morgan fingerprint density at radius 2 is 1.17 bits per heavy atom. The highest BCUT2D eigenvalue weighted by Gasteiger charge is 2.30. The molecule has 0 N–H and O–H groups in total. The van der Waals surface area contributed by atoms with Crippen molar-refractivity contribution in [2.45, 2.75) is 83.5 Å². The smallest absolute Gasteiger partial charge is 0.0571 e. The second-order valence-corrected chi connectivity index (χ2v) is 14.6. The molecule has 0 atom stereocenters. The van der Waals surface area contributed by atoms with E-state index in [0.29, 0.717) is 0 Å². The molecule has 0 aromatic heterocycles. The van der Waals surface area contributed by atoms with E-state index in [4.69, 9.17) is 0 Å². The Hall–Kier alpha value is -1.60. The quantitative estimate of drug-likeness (QED) is 0.289. The normalized spacial score (nSPS) is 16.5. The zero-order valence-electron chi connectivity index (χ0n) is 18.9. The van der Waals surface area contributed by atoms with Gasteiger partial charge in [0.25, 0.3) is 0 Å². The van der Waals surface area contributed by atoms with Crippen molar-refractivity contribution in [3.05, 3.63) is 71.8 Å². The Morgan fingerprint density at radius 1 is 0.690 bits per heavy atom. The molecule has 2 aromatic rings. The van der Waals surface area contributed by atoms with Crippen LogP contribution in [0.2, 0.25) is 24.2 Å². The van der Waals surface area contributed by atoms with Gasteiger partial charge in [-0.2, -0.15) is 0 Å². The van der Waals surface area contributed by atoms with Crippen molar-refractivity contribution in [3.63, 3.8) is 0 Å². The van der Waals surface area contributed by atoms with Crippen LogP contribution in [0.25, 0.3) is 11.1 Å². The Labute approximate surface area is 180 Å². The van der Waals surface area contributed by atoms with Crippen LogP contribution < -0.4 is 0 Å². The summed E-state index contributed by atoms with van der Waals surface area (Å²) in [5, 5.41) is 0. The first kappa shape index (κ1) is 22.1. The summed E-state index contributed by atoms with van der Waals surface area (Å²) in [6, 6.07) is 28.2. The molecular formula is C28H40Si. The van der Waals surface area contributed by atoms with Gasteiger partial charge >= 0.3 is 0 Å². The lowest BCUT2D eigenvalue weighted by Gasteiger charge is -2.32. The summed E-state index contributed by atoms with van der Waals surface area (Å²) in [5.74, 6) is 0.860. The Kier molecular flexibility index (Phi) is 8.36. The van der Waals surface area contributed by atoms with E-state index in [0.717, 1.165) is 5.92 Å². The summed E-state index contributed by atoms with van der Waals surface area (Å²) < 4.78 is 0. The summed E-state index contributed by atoms with van der Waals surface area (Å²) in [5.41, 5.74) is 6.24. The first-order valence-electron chi connectivity index (χ1n) is 12.0. The zero-order chi connectivity index (χ0) is 20.5. The van der Waals surface area contributed by atoms with Crippen molar-refractivity contribution in [1.29, 1.82) is 0 Å². The minimum absolute atomic E-state index is 0.860. The molecule has 1 aliphatic carbocycles. The number of allylic oxidation sites excluding steroid dienone is 2. The lowest BCUT2D eigenvalue weighted by molar-refractivity contribution is 0.365. The molecule has 0 heterocycles. The topological polar surface area (TPSA) is 0 Å². The summed E-state index contributed by atoms with van der Waals surface area (Å²) in [6.45, 7) is 7.35. The fourth-order valence-corrected chi connectivity index (χ4v) is 8.67. The zero-order valence-corrected chi connectivity index (χ0v) is 19.9. The highest BCUT2D eigenvalue weighted by atomic mass is 28.3. The molecule has 29 heavy (non-hydrogen) atoms. The third-order valence-electron chi connectivity index (χ3n) is 7.63. The first-order chi connectivity index (χ1) is 14.2. The van der Waals surface area contributed by atoms with Crippen molar-refractivity contribution < 1.29 is 0 Å². The van der Waals surface area contributed by atoms with Crippen LogP contribution in [0.1, 0.15) is 70.4 Å². The Bertz CT molecular complexity index is 741. The molecule has 0 amide bonds. The van der Waals surface area contributed by atoms with Gasteiger partial charge in [-0.1, -0.05) is 132 Å². The SMILES string of the molecule is CC[Si](CC)(CC)C/C(=C(\CC1CCCCC1)c1ccccc1)c1ccccc1. The van der Waals surface area contributed by atoms with Gasteiger partial charge in [0.15, 0.2) is 0 Å². The molecule has 2 aromatic carbocycles. The fourth-order valence-electron chi connectivity index (χ4n) is 5.26. The third-order valence-corrected chi connectivity index (χ3v) is 13.2. The number of hydrogen-bond donors (Lipinski definition) is 0. The van der Waals surface area contributed by atoms with Crippen molar-refractivity contribution in [2.75, 3.05) is 0 Å². The number of benzene rings is 2. The van der Waals surface area contributed by atoms with E-state index in [-0.39, 0.29) is 0 Å². The molecule has 1 heteroatoms. The minimum Gasteiger partial charge on any atom is -0.0678 e. The van der Waals surface area contributed by atoms with Gasteiger partial charge in [0, 0.05) is 0 Å². The van der Waals surface area contributed by atoms with Crippen LogP contribution in [0, 0.1) is 5.92 Å². The Balaban J connectivity index is 2.12. The largest absolute Gasteiger partial charge is 0.0678 e. The molecule has 0 nitrogen and oxygen atoms in total. The van der Waals surface area contributed by atoms with Gasteiger partial charge in [-0.15, -0.1) is 0 Å². The first-order valence-corrected chi connectivity index (χ1v) is 14.9. The van der Waals surface area contributed by atoms with Gasteiger partial charge < -0.3 is 0 Å². The molecule has 1 fully saturated rings. The summed E-state index contributed by atoms with van der Waals surface area (Å²) in [6.07, 6.45) is 8.36. The molecule has 156 valence electrons.